The lowest BCUT2D eigenvalue weighted by Crippen LogP contribution is -2.34. The number of benzene rings is 2. The molecule has 0 radical (unpaired) electrons. The van der Waals surface area contributed by atoms with E-state index in [0.717, 1.165) is 4.90 Å². The predicted octanol–water partition coefficient (Wildman–Crippen LogP) is 3.90. The minimum atomic E-state index is -0.455. The highest BCUT2D eigenvalue weighted by Crippen LogP contribution is 2.30. The molecule has 2 amide bonds. The molecule has 0 N–H and O–H groups in total. The zero-order valence-corrected chi connectivity index (χ0v) is 17.5. The van der Waals surface area contributed by atoms with Gasteiger partial charge in [0.15, 0.2) is 6.73 Å². The van der Waals surface area contributed by atoms with Crippen LogP contribution >= 0.6 is 23.2 Å². The maximum Gasteiger partial charge on any atom is 0.264 e. The van der Waals surface area contributed by atoms with Gasteiger partial charge in [0.25, 0.3) is 11.8 Å². The van der Waals surface area contributed by atoms with E-state index in [4.69, 9.17) is 27.9 Å². The predicted molar refractivity (Wildman–Crippen MR) is 110 cm³/mol. The molecule has 2 heterocycles. The first-order chi connectivity index (χ1) is 14.3. The van der Waals surface area contributed by atoms with E-state index in [1.54, 1.807) is 44.3 Å². The summed E-state index contributed by atoms with van der Waals surface area (Å²) in [7, 11) is 1.60. The van der Waals surface area contributed by atoms with Crippen molar-refractivity contribution in [2.45, 2.75) is 6.92 Å². The van der Waals surface area contributed by atoms with Gasteiger partial charge in [0, 0.05) is 17.6 Å². The van der Waals surface area contributed by atoms with Gasteiger partial charge >= 0.3 is 0 Å². The summed E-state index contributed by atoms with van der Waals surface area (Å²) in [4.78, 5) is 39.2. The molecular formula is C21H15Cl2N3O4. The van der Waals surface area contributed by atoms with Gasteiger partial charge in [-0.05, 0) is 37.3 Å². The SMILES string of the molecule is Cc1nn(C)c(OCN2C(=O)c3ccccc3C2=O)c1C(=O)c1ccc(Cl)cc1Cl. The van der Waals surface area contributed by atoms with Crippen LogP contribution in [0.3, 0.4) is 0 Å². The molecule has 4 rings (SSSR count). The fraction of sp³-hybridized carbons (Fsp3) is 0.143. The summed E-state index contributed by atoms with van der Waals surface area (Å²) in [5, 5.41) is 4.84. The molecular weight excluding hydrogens is 429 g/mol. The van der Waals surface area contributed by atoms with E-state index in [1.165, 1.54) is 16.8 Å². The molecule has 30 heavy (non-hydrogen) atoms. The molecule has 0 fully saturated rings. The molecule has 2 aromatic carbocycles. The van der Waals surface area contributed by atoms with E-state index in [2.05, 4.69) is 5.10 Å². The standard InChI is InChI=1S/C21H15Cl2N3O4/c1-11-17(18(27)15-8-7-12(22)9-16(15)23)21(25(2)24-11)30-10-26-19(28)13-5-3-4-6-14(13)20(26)29/h3-9H,10H2,1-2H3. The fourth-order valence-corrected chi connectivity index (χ4v) is 3.85. The highest BCUT2D eigenvalue weighted by atomic mass is 35.5. The molecule has 7 nitrogen and oxygen atoms in total. The van der Waals surface area contributed by atoms with Crippen LogP contribution in [0.2, 0.25) is 10.0 Å². The second kappa shape index (κ2) is 7.59. The van der Waals surface area contributed by atoms with Crippen LogP contribution in [0.15, 0.2) is 42.5 Å². The molecule has 0 unspecified atom stereocenters. The van der Waals surface area contributed by atoms with E-state index < -0.39 is 17.6 Å². The third-order valence-corrected chi connectivity index (χ3v) is 5.33. The van der Waals surface area contributed by atoms with Crippen LogP contribution in [-0.4, -0.2) is 39.0 Å². The van der Waals surface area contributed by atoms with Crippen molar-refractivity contribution in [1.29, 1.82) is 0 Å². The quantitative estimate of drug-likeness (QED) is 0.441. The monoisotopic (exact) mass is 443 g/mol. The number of ether oxygens (including phenoxy) is 1. The molecule has 1 aromatic heterocycles. The lowest BCUT2D eigenvalue weighted by Gasteiger charge is -2.16. The minimum absolute atomic E-state index is 0.125. The van der Waals surface area contributed by atoms with Crippen molar-refractivity contribution in [3.05, 3.63) is 80.5 Å². The topological polar surface area (TPSA) is 81.5 Å². The molecule has 0 spiro atoms. The summed E-state index contributed by atoms with van der Waals surface area (Å²) in [5.74, 6) is -1.19. The number of rotatable bonds is 5. The van der Waals surface area contributed by atoms with E-state index in [0.29, 0.717) is 21.8 Å². The summed E-state index contributed by atoms with van der Waals surface area (Å²) >= 11 is 12.1. The number of carbonyl (C=O) groups is 3. The molecule has 0 bridgehead atoms. The van der Waals surface area contributed by atoms with E-state index in [-0.39, 0.29) is 28.8 Å². The molecule has 9 heteroatoms. The van der Waals surface area contributed by atoms with Gasteiger partial charge in [0.2, 0.25) is 11.7 Å². The largest absolute Gasteiger partial charge is 0.455 e. The van der Waals surface area contributed by atoms with Crippen molar-refractivity contribution in [3.63, 3.8) is 0 Å². The van der Waals surface area contributed by atoms with Crippen LogP contribution in [0.1, 0.15) is 42.3 Å². The Morgan fingerprint density at radius 2 is 1.70 bits per heavy atom. The molecule has 1 aliphatic rings. The summed E-state index contributed by atoms with van der Waals surface area (Å²) in [6, 6.07) is 11.1. The van der Waals surface area contributed by atoms with Crippen molar-refractivity contribution >= 4 is 40.8 Å². The summed E-state index contributed by atoms with van der Waals surface area (Å²) in [6.07, 6.45) is 0. The number of amides is 2. The van der Waals surface area contributed by atoms with Gasteiger partial charge in [-0.15, -0.1) is 0 Å². The Bertz CT molecular complexity index is 1180. The fourth-order valence-electron chi connectivity index (χ4n) is 3.35. The molecule has 0 saturated heterocycles. The number of nitrogens with zero attached hydrogens (tertiary/aromatic N) is 3. The van der Waals surface area contributed by atoms with Crippen LogP contribution in [-0.2, 0) is 7.05 Å². The zero-order valence-electron chi connectivity index (χ0n) is 16.0. The molecule has 0 atom stereocenters. The number of ketones is 1. The van der Waals surface area contributed by atoms with Gasteiger partial charge in [0.1, 0.15) is 5.56 Å². The normalized spacial score (nSPS) is 13.0. The van der Waals surface area contributed by atoms with Gasteiger partial charge < -0.3 is 4.74 Å². The number of fused-ring (bicyclic) bond motifs is 1. The van der Waals surface area contributed by atoms with Crippen molar-refractivity contribution in [1.82, 2.24) is 14.7 Å². The average Bonchev–Trinajstić information content (AvgIpc) is 3.12. The highest BCUT2D eigenvalue weighted by Gasteiger charge is 2.36. The third kappa shape index (κ3) is 3.26. The summed E-state index contributed by atoms with van der Waals surface area (Å²) in [6.45, 7) is 1.30. The zero-order chi connectivity index (χ0) is 21.6. The Hall–Kier alpha value is -3.16. The van der Waals surface area contributed by atoms with Crippen molar-refractivity contribution in [2.75, 3.05) is 6.73 Å². The first-order valence-electron chi connectivity index (χ1n) is 8.91. The number of aromatic nitrogens is 2. The number of aryl methyl sites for hydroxylation is 2. The molecule has 152 valence electrons. The number of carbonyl (C=O) groups excluding carboxylic acids is 3. The Morgan fingerprint density at radius 1 is 1.07 bits per heavy atom. The maximum absolute atomic E-state index is 13.1. The van der Waals surface area contributed by atoms with Gasteiger partial charge in [-0.25, -0.2) is 9.58 Å². The number of hydrogen-bond donors (Lipinski definition) is 0. The summed E-state index contributed by atoms with van der Waals surface area (Å²) in [5.41, 5.74) is 1.49. The lowest BCUT2D eigenvalue weighted by molar-refractivity contribution is 0.0510. The molecule has 1 aliphatic heterocycles. The number of hydrogen-bond acceptors (Lipinski definition) is 5. The van der Waals surface area contributed by atoms with Crippen LogP contribution < -0.4 is 4.74 Å². The van der Waals surface area contributed by atoms with E-state index >= 15 is 0 Å². The maximum atomic E-state index is 13.1. The van der Waals surface area contributed by atoms with Crippen molar-refractivity contribution in [2.24, 2.45) is 7.05 Å². The molecule has 0 aliphatic carbocycles. The van der Waals surface area contributed by atoms with Gasteiger partial charge in [-0.3, -0.25) is 14.4 Å². The van der Waals surface area contributed by atoms with E-state index in [9.17, 15) is 14.4 Å². The van der Waals surface area contributed by atoms with E-state index in [1.807, 2.05) is 0 Å². The Morgan fingerprint density at radius 3 is 2.30 bits per heavy atom. The molecule has 0 saturated carbocycles. The van der Waals surface area contributed by atoms with Gasteiger partial charge in [-0.2, -0.15) is 5.10 Å². The second-order valence-electron chi connectivity index (χ2n) is 6.70. The van der Waals surface area contributed by atoms with Crippen molar-refractivity contribution in [3.8, 4) is 5.88 Å². The Labute approximate surface area is 181 Å². The lowest BCUT2D eigenvalue weighted by atomic mass is 10.0. The van der Waals surface area contributed by atoms with Crippen LogP contribution in [0, 0.1) is 6.92 Å². The second-order valence-corrected chi connectivity index (χ2v) is 7.54. The first-order valence-corrected chi connectivity index (χ1v) is 9.66. The third-order valence-electron chi connectivity index (χ3n) is 4.78. The van der Waals surface area contributed by atoms with Crippen LogP contribution in [0.5, 0.6) is 5.88 Å². The van der Waals surface area contributed by atoms with Gasteiger partial charge in [0.05, 0.1) is 21.8 Å². The first kappa shape index (κ1) is 20.1. The van der Waals surface area contributed by atoms with Crippen molar-refractivity contribution < 1.29 is 19.1 Å². The smallest absolute Gasteiger partial charge is 0.264 e. The van der Waals surface area contributed by atoms with Crippen LogP contribution in [0.25, 0.3) is 0 Å². The highest BCUT2D eigenvalue weighted by molar-refractivity contribution is 6.37. The minimum Gasteiger partial charge on any atom is -0.455 e. The summed E-state index contributed by atoms with van der Waals surface area (Å²) < 4.78 is 7.13. The average molecular weight is 444 g/mol. The van der Waals surface area contributed by atoms with Crippen LogP contribution in [0.4, 0.5) is 0 Å². The molecule has 3 aromatic rings. The number of imide groups is 1. The Balaban J connectivity index is 1.63. The Kier molecular flexibility index (Phi) is 5.09. The number of halogens is 2. The van der Waals surface area contributed by atoms with Gasteiger partial charge in [-0.1, -0.05) is 35.3 Å².